The Bertz CT molecular complexity index is 1290. The zero-order chi connectivity index (χ0) is 26.7. The highest BCUT2D eigenvalue weighted by Gasteiger charge is 2.33. The molecular weight excluding hydrogens is 466 g/mol. The molecule has 0 atom stereocenters. The molecule has 33 heavy (non-hydrogen) atoms. The molecule has 0 aliphatic heterocycles. The van der Waals surface area contributed by atoms with Crippen LogP contribution in [0.1, 0.15) is 20.2 Å². The molecule has 3 aromatic rings. The van der Waals surface area contributed by atoms with Crippen LogP contribution in [0.5, 0.6) is 11.5 Å². The highest BCUT2D eigenvalue weighted by molar-refractivity contribution is 6.31. The predicted molar refractivity (Wildman–Crippen MR) is 114 cm³/mol. The summed E-state index contributed by atoms with van der Waals surface area (Å²) < 4.78 is 65.8. The molecule has 0 bridgehead atoms. The summed E-state index contributed by atoms with van der Waals surface area (Å²) in [6, 6.07) is 10.1. The molecule has 3 N–H and O–H groups in total. The minimum Gasteiger partial charge on any atom is -0.618 e. The minimum absolute atomic E-state index is 0.0550. The molecule has 0 fully saturated rings. The van der Waals surface area contributed by atoms with Gasteiger partial charge < -0.3 is 25.9 Å². The van der Waals surface area contributed by atoms with Gasteiger partial charge in [-0.1, -0.05) is 11.6 Å². The lowest BCUT2D eigenvalue weighted by Crippen LogP contribution is -2.37. The van der Waals surface area contributed by atoms with Gasteiger partial charge in [-0.15, -0.1) is 0 Å². The Hall–Kier alpha value is -3.99. The summed E-state index contributed by atoms with van der Waals surface area (Å²) in [6.45, 7) is -2.79. The van der Waals surface area contributed by atoms with Crippen molar-refractivity contribution >= 4 is 34.9 Å². The first-order chi connectivity index (χ1) is 16.7. The van der Waals surface area contributed by atoms with Crippen molar-refractivity contribution in [2.24, 2.45) is 0 Å². The smallest absolute Gasteiger partial charge is 0.417 e. The third kappa shape index (κ3) is 6.04. The summed E-state index contributed by atoms with van der Waals surface area (Å²) in [5.41, 5.74) is -1.45. The SMILES string of the molecule is [2H]C([2H])([2H])[15NH]C(=O)c1cc(Oc2ccc(NC(=O)Nc3ccc(Cl)c(C(F)(F)F)c3)cc2)cc[n+]1[O-]. The van der Waals surface area contributed by atoms with Crippen molar-refractivity contribution in [1.29, 1.82) is 0 Å². The maximum absolute atomic E-state index is 13.0. The molecule has 3 rings (SSSR count). The highest BCUT2D eigenvalue weighted by Crippen LogP contribution is 2.36. The van der Waals surface area contributed by atoms with Crippen molar-refractivity contribution in [1.82, 2.24) is 5.32 Å². The number of nitrogens with one attached hydrogen (secondary N) is 3. The summed E-state index contributed by atoms with van der Waals surface area (Å²) in [7, 11) is 0. The molecule has 0 spiro atoms. The Labute approximate surface area is 194 Å². The number of benzene rings is 2. The Morgan fingerprint density at radius 2 is 1.70 bits per heavy atom. The second kappa shape index (κ2) is 9.65. The van der Waals surface area contributed by atoms with Gasteiger partial charge in [0.05, 0.1) is 16.7 Å². The van der Waals surface area contributed by atoms with E-state index < -0.39 is 41.4 Å². The summed E-state index contributed by atoms with van der Waals surface area (Å²) in [5.74, 6) is -0.831. The van der Waals surface area contributed by atoms with E-state index in [1.54, 1.807) is 5.32 Å². The van der Waals surface area contributed by atoms with Crippen molar-refractivity contribution in [3.05, 3.63) is 82.3 Å². The number of aromatic nitrogens is 1. The van der Waals surface area contributed by atoms with Gasteiger partial charge in [-0.3, -0.25) is 4.79 Å². The lowest BCUT2D eigenvalue weighted by molar-refractivity contribution is -0.607. The van der Waals surface area contributed by atoms with E-state index in [-0.39, 0.29) is 27.6 Å². The third-order valence-corrected chi connectivity index (χ3v) is 4.44. The van der Waals surface area contributed by atoms with Gasteiger partial charge in [-0.25, -0.2) is 4.79 Å². The molecule has 0 aliphatic rings. The normalized spacial score (nSPS) is 12.7. The van der Waals surface area contributed by atoms with Crippen LogP contribution < -0.4 is 25.4 Å². The second-order valence-corrected chi connectivity index (χ2v) is 6.83. The molecule has 8 nitrogen and oxygen atoms in total. The number of rotatable bonds is 5. The Morgan fingerprint density at radius 3 is 2.36 bits per heavy atom. The number of pyridine rings is 1. The first kappa shape index (κ1) is 19.7. The van der Waals surface area contributed by atoms with Crippen LogP contribution in [0.2, 0.25) is 5.02 Å². The largest absolute Gasteiger partial charge is 0.618 e. The van der Waals surface area contributed by atoms with Crippen LogP contribution in [0, 0.1) is 5.21 Å². The molecule has 0 saturated heterocycles. The van der Waals surface area contributed by atoms with Gasteiger partial charge in [0.1, 0.15) is 11.5 Å². The molecule has 1 heterocycles. The molecular formula is C21H16ClF3N4O4. The number of carbonyl (C=O) groups excluding carboxylic acids is 2. The number of halogens is 4. The third-order valence-electron chi connectivity index (χ3n) is 4.11. The van der Waals surface area contributed by atoms with Crippen molar-refractivity contribution in [2.45, 2.75) is 6.18 Å². The van der Waals surface area contributed by atoms with E-state index >= 15 is 0 Å². The van der Waals surface area contributed by atoms with E-state index in [2.05, 4.69) is 10.6 Å². The van der Waals surface area contributed by atoms with Crippen molar-refractivity contribution in [3.63, 3.8) is 0 Å². The first-order valence-corrected chi connectivity index (χ1v) is 9.37. The molecule has 12 heteroatoms. The first-order valence-electron chi connectivity index (χ1n) is 10.5. The molecule has 1 aromatic heterocycles. The van der Waals surface area contributed by atoms with Crippen molar-refractivity contribution in [2.75, 3.05) is 17.6 Å². The van der Waals surface area contributed by atoms with Gasteiger partial charge in [-0.05, 0) is 42.5 Å². The molecule has 172 valence electrons. The summed E-state index contributed by atoms with van der Waals surface area (Å²) in [4.78, 5) is 24.2. The Kier molecular flexibility index (Phi) is 5.76. The van der Waals surface area contributed by atoms with Gasteiger partial charge in [0.2, 0.25) is 0 Å². The molecule has 0 radical (unpaired) electrons. The maximum atomic E-state index is 13.0. The van der Waals surface area contributed by atoms with Gasteiger partial charge in [0, 0.05) is 28.5 Å². The molecule has 3 amide bonds. The van der Waals surface area contributed by atoms with E-state index in [0.29, 0.717) is 6.07 Å². The number of amides is 3. The Balaban J connectivity index is 1.64. The van der Waals surface area contributed by atoms with Crippen LogP contribution in [0.15, 0.2) is 60.8 Å². The highest BCUT2D eigenvalue weighted by atomic mass is 35.5. The van der Waals surface area contributed by atoms with Crippen molar-refractivity contribution in [3.8, 4) is 11.5 Å². The van der Waals surface area contributed by atoms with E-state index in [4.69, 9.17) is 20.5 Å². The van der Waals surface area contributed by atoms with Gasteiger partial charge in [0.15, 0.2) is 6.20 Å². The lowest BCUT2D eigenvalue weighted by Gasteiger charge is -2.12. The maximum Gasteiger partial charge on any atom is 0.417 e. The summed E-state index contributed by atoms with van der Waals surface area (Å²) >= 11 is 5.56. The van der Waals surface area contributed by atoms with Crippen LogP contribution in [0.4, 0.5) is 29.3 Å². The zero-order valence-electron chi connectivity index (χ0n) is 19.4. The minimum atomic E-state index is -4.69. The number of hydrogen-bond acceptors (Lipinski definition) is 4. The fraction of sp³-hybridized carbons (Fsp3) is 0.0952. The number of carbonyl (C=O) groups is 2. The van der Waals surface area contributed by atoms with Crippen LogP contribution in [0.3, 0.4) is 0 Å². The topological polar surface area (TPSA) is 106 Å². The zero-order valence-corrected chi connectivity index (χ0v) is 17.1. The van der Waals surface area contributed by atoms with E-state index in [1.807, 2.05) is 0 Å². The number of nitrogens with zero attached hydrogens (tertiary/aromatic N) is 1. The quantitative estimate of drug-likeness (QED) is 0.275. The predicted octanol–water partition coefficient (Wildman–Crippen LogP) is 4.79. The van der Waals surface area contributed by atoms with Gasteiger partial charge in [0.25, 0.3) is 5.69 Å². The van der Waals surface area contributed by atoms with E-state index in [0.717, 1.165) is 18.3 Å². The monoisotopic (exact) mass is 484 g/mol. The lowest BCUT2D eigenvalue weighted by atomic mass is 10.2. The number of urea groups is 1. The molecule has 0 saturated carbocycles. The van der Waals surface area contributed by atoms with Gasteiger partial charge >= 0.3 is 18.1 Å². The fourth-order valence-electron chi connectivity index (χ4n) is 2.62. The number of hydrogen-bond donors (Lipinski definition) is 3. The molecule has 0 aliphatic carbocycles. The van der Waals surface area contributed by atoms with Crippen molar-refractivity contribution < 1.29 is 36.3 Å². The molecule has 0 unspecified atom stereocenters. The summed E-state index contributed by atoms with van der Waals surface area (Å²) in [6.07, 6.45) is -3.72. The van der Waals surface area contributed by atoms with Crippen LogP contribution in [0.25, 0.3) is 0 Å². The summed E-state index contributed by atoms with van der Waals surface area (Å²) in [5, 5.41) is 17.7. The van der Waals surface area contributed by atoms with E-state index in [9.17, 15) is 28.0 Å². The Morgan fingerprint density at radius 1 is 1.03 bits per heavy atom. The van der Waals surface area contributed by atoms with Crippen LogP contribution >= 0.6 is 11.6 Å². The average Bonchev–Trinajstić information content (AvgIpc) is 2.75. The molecule has 2 aromatic carbocycles. The van der Waals surface area contributed by atoms with Crippen LogP contribution in [-0.2, 0) is 6.18 Å². The fourth-order valence-corrected chi connectivity index (χ4v) is 2.84. The average molecular weight is 485 g/mol. The van der Waals surface area contributed by atoms with Gasteiger partial charge in [-0.2, -0.15) is 17.9 Å². The van der Waals surface area contributed by atoms with E-state index in [1.165, 1.54) is 36.4 Å². The second-order valence-electron chi connectivity index (χ2n) is 6.43. The standard InChI is InChI=1S/C21H16ClF3N4O4/c1-26-19(30)18-11-15(8-9-29(18)32)33-14-5-2-12(3-6-14)27-20(31)28-13-4-7-17(22)16(10-13)21(23,24)25/h2-11H,1H3,(H,26,30)(H2,27,28,31)/i1D3,26+1. The number of alkyl halides is 3. The number of anilines is 2. The van der Waals surface area contributed by atoms with Crippen LogP contribution in [-0.4, -0.2) is 18.9 Å². The number of ether oxygens (including phenoxy) is 1.